The molecular weight excluding hydrogens is 158 g/mol. The van der Waals surface area contributed by atoms with Gasteiger partial charge in [-0.15, -0.1) is 0 Å². The zero-order valence-electron chi connectivity index (χ0n) is 7.82. The molecule has 0 aliphatic carbocycles. The number of ether oxygens (including phenoxy) is 2. The van der Waals surface area contributed by atoms with Crippen molar-refractivity contribution in [2.75, 3.05) is 26.4 Å². The van der Waals surface area contributed by atoms with Gasteiger partial charge in [-0.05, 0) is 13.8 Å². The molecule has 74 valence electrons. The molecule has 0 bridgehead atoms. The summed E-state index contributed by atoms with van der Waals surface area (Å²) in [7, 11) is 0. The number of aliphatic hydroxyl groups is 1. The summed E-state index contributed by atoms with van der Waals surface area (Å²) in [6.07, 6.45) is 0.0440. The lowest BCUT2D eigenvalue weighted by Gasteiger charge is -2.15. The lowest BCUT2D eigenvalue weighted by Crippen LogP contribution is -2.32. The highest BCUT2D eigenvalue weighted by atomic mass is 16.5. The van der Waals surface area contributed by atoms with Crippen molar-refractivity contribution in [3.8, 4) is 0 Å². The van der Waals surface area contributed by atoms with Crippen LogP contribution in [0.15, 0.2) is 0 Å². The van der Waals surface area contributed by atoms with Crippen LogP contribution in [-0.4, -0.2) is 43.7 Å². The average molecular weight is 177 g/mol. The van der Waals surface area contributed by atoms with E-state index in [1.807, 2.05) is 13.8 Å². The second-order valence-corrected chi connectivity index (χ2v) is 2.75. The third-order valence-corrected chi connectivity index (χ3v) is 1.39. The Bertz CT molecular complexity index is 100. The molecular formula is C8H19NO3. The van der Waals surface area contributed by atoms with Crippen molar-refractivity contribution in [1.29, 1.82) is 0 Å². The Labute approximate surface area is 73.7 Å². The summed E-state index contributed by atoms with van der Waals surface area (Å²) in [6, 6.07) is -0.283. The normalized spacial score (nSPS) is 16.0. The quantitative estimate of drug-likeness (QED) is 0.562. The highest BCUT2D eigenvalue weighted by Gasteiger charge is 2.05. The van der Waals surface area contributed by atoms with Gasteiger partial charge >= 0.3 is 0 Å². The van der Waals surface area contributed by atoms with E-state index in [0.29, 0.717) is 19.8 Å². The van der Waals surface area contributed by atoms with Crippen molar-refractivity contribution in [2.24, 2.45) is 5.73 Å². The molecule has 0 aliphatic rings. The van der Waals surface area contributed by atoms with Crippen molar-refractivity contribution in [3.63, 3.8) is 0 Å². The smallest absolute Gasteiger partial charge is 0.0781 e. The van der Waals surface area contributed by atoms with E-state index in [1.165, 1.54) is 0 Å². The van der Waals surface area contributed by atoms with E-state index in [9.17, 15) is 0 Å². The fourth-order valence-electron chi connectivity index (χ4n) is 0.672. The van der Waals surface area contributed by atoms with Gasteiger partial charge in [-0.25, -0.2) is 0 Å². The third-order valence-electron chi connectivity index (χ3n) is 1.39. The van der Waals surface area contributed by atoms with Crippen LogP contribution in [0.2, 0.25) is 0 Å². The number of rotatable bonds is 7. The van der Waals surface area contributed by atoms with E-state index in [-0.39, 0.29) is 18.8 Å². The molecule has 12 heavy (non-hydrogen) atoms. The Hall–Kier alpha value is -0.160. The fraction of sp³-hybridized carbons (Fsp3) is 1.00. The second kappa shape index (κ2) is 7.49. The molecule has 0 saturated carbocycles. The predicted molar refractivity (Wildman–Crippen MR) is 47.0 cm³/mol. The van der Waals surface area contributed by atoms with Crippen LogP contribution in [0, 0.1) is 0 Å². The van der Waals surface area contributed by atoms with Gasteiger partial charge in [0.05, 0.1) is 32.0 Å². The molecule has 0 aromatic carbocycles. The number of hydrogen-bond acceptors (Lipinski definition) is 4. The SMILES string of the molecule is CCOCC(C)OCC(N)CO. The van der Waals surface area contributed by atoms with Gasteiger partial charge in [0.25, 0.3) is 0 Å². The number of aliphatic hydroxyl groups excluding tert-OH is 1. The Morgan fingerprint density at radius 2 is 2.08 bits per heavy atom. The molecule has 0 saturated heterocycles. The molecule has 0 aliphatic heterocycles. The van der Waals surface area contributed by atoms with Crippen molar-refractivity contribution in [2.45, 2.75) is 26.0 Å². The Kier molecular flexibility index (Phi) is 7.39. The van der Waals surface area contributed by atoms with E-state index in [0.717, 1.165) is 0 Å². The monoisotopic (exact) mass is 177 g/mol. The Morgan fingerprint density at radius 1 is 1.42 bits per heavy atom. The average Bonchev–Trinajstić information content (AvgIpc) is 2.10. The van der Waals surface area contributed by atoms with Gasteiger partial charge in [-0.1, -0.05) is 0 Å². The minimum atomic E-state index is -0.283. The lowest BCUT2D eigenvalue weighted by molar-refractivity contribution is -0.0125. The largest absolute Gasteiger partial charge is 0.395 e. The topological polar surface area (TPSA) is 64.7 Å². The first-order chi connectivity index (χ1) is 5.70. The van der Waals surface area contributed by atoms with Crippen LogP contribution in [-0.2, 0) is 9.47 Å². The molecule has 0 radical (unpaired) electrons. The van der Waals surface area contributed by atoms with E-state index in [4.69, 9.17) is 20.3 Å². The fourth-order valence-corrected chi connectivity index (χ4v) is 0.672. The standard InChI is InChI=1S/C8H19NO3/c1-3-11-5-7(2)12-6-8(9)4-10/h7-8,10H,3-6,9H2,1-2H3. The van der Waals surface area contributed by atoms with Crippen molar-refractivity contribution in [3.05, 3.63) is 0 Å². The van der Waals surface area contributed by atoms with Gasteiger partial charge < -0.3 is 20.3 Å². The van der Waals surface area contributed by atoms with Crippen LogP contribution in [0.5, 0.6) is 0 Å². The molecule has 4 nitrogen and oxygen atoms in total. The molecule has 4 heteroatoms. The summed E-state index contributed by atoms with van der Waals surface area (Å²) in [5, 5.41) is 8.59. The van der Waals surface area contributed by atoms with Gasteiger partial charge in [0, 0.05) is 6.61 Å². The summed E-state index contributed by atoms with van der Waals surface area (Å²) in [5.74, 6) is 0. The van der Waals surface area contributed by atoms with Crippen molar-refractivity contribution >= 4 is 0 Å². The summed E-state index contributed by atoms with van der Waals surface area (Å²) < 4.78 is 10.4. The van der Waals surface area contributed by atoms with Crippen LogP contribution in [0.3, 0.4) is 0 Å². The van der Waals surface area contributed by atoms with Gasteiger partial charge in [0.15, 0.2) is 0 Å². The maximum atomic E-state index is 8.59. The van der Waals surface area contributed by atoms with Crippen LogP contribution in [0.25, 0.3) is 0 Å². The molecule has 0 heterocycles. The molecule has 0 aromatic rings. The number of nitrogens with two attached hydrogens (primary N) is 1. The maximum Gasteiger partial charge on any atom is 0.0781 e. The molecule has 0 rings (SSSR count). The first kappa shape index (κ1) is 11.8. The molecule has 3 N–H and O–H groups in total. The minimum absolute atomic E-state index is 0.0403. The zero-order chi connectivity index (χ0) is 9.40. The van der Waals surface area contributed by atoms with Crippen LogP contribution in [0.4, 0.5) is 0 Å². The molecule has 0 fully saturated rings. The van der Waals surface area contributed by atoms with E-state index < -0.39 is 0 Å². The predicted octanol–water partition coefficient (Wildman–Crippen LogP) is -0.252. The van der Waals surface area contributed by atoms with Crippen molar-refractivity contribution in [1.82, 2.24) is 0 Å². The van der Waals surface area contributed by atoms with E-state index in [1.54, 1.807) is 0 Å². The Balaban J connectivity index is 3.24. The molecule has 0 aromatic heterocycles. The second-order valence-electron chi connectivity index (χ2n) is 2.75. The van der Waals surface area contributed by atoms with Gasteiger partial charge in [0.2, 0.25) is 0 Å². The highest BCUT2D eigenvalue weighted by molar-refractivity contribution is 4.58. The van der Waals surface area contributed by atoms with E-state index >= 15 is 0 Å². The minimum Gasteiger partial charge on any atom is -0.395 e. The molecule has 2 atom stereocenters. The molecule has 2 unspecified atom stereocenters. The van der Waals surface area contributed by atoms with Crippen LogP contribution in [0.1, 0.15) is 13.8 Å². The van der Waals surface area contributed by atoms with Gasteiger partial charge in [-0.3, -0.25) is 0 Å². The van der Waals surface area contributed by atoms with Crippen LogP contribution >= 0.6 is 0 Å². The summed E-state index contributed by atoms with van der Waals surface area (Å²) >= 11 is 0. The summed E-state index contributed by atoms with van der Waals surface area (Å²) in [5.41, 5.74) is 5.43. The van der Waals surface area contributed by atoms with E-state index in [2.05, 4.69) is 0 Å². The van der Waals surface area contributed by atoms with Crippen LogP contribution < -0.4 is 5.73 Å². The van der Waals surface area contributed by atoms with Gasteiger partial charge in [-0.2, -0.15) is 0 Å². The first-order valence-electron chi connectivity index (χ1n) is 4.26. The summed E-state index contributed by atoms with van der Waals surface area (Å²) in [6.45, 7) is 5.46. The van der Waals surface area contributed by atoms with Crippen molar-refractivity contribution < 1.29 is 14.6 Å². The number of hydrogen-bond donors (Lipinski definition) is 2. The van der Waals surface area contributed by atoms with Gasteiger partial charge in [0.1, 0.15) is 0 Å². The Morgan fingerprint density at radius 3 is 2.58 bits per heavy atom. The maximum absolute atomic E-state index is 8.59. The molecule has 0 spiro atoms. The summed E-state index contributed by atoms with van der Waals surface area (Å²) in [4.78, 5) is 0. The third kappa shape index (κ3) is 6.54. The first-order valence-corrected chi connectivity index (χ1v) is 4.26. The molecule has 0 amide bonds. The zero-order valence-corrected chi connectivity index (χ0v) is 7.82. The lowest BCUT2D eigenvalue weighted by atomic mass is 10.3. The highest BCUT2D eigenvalue weighted by Crippen LogP contribution is 1.92.